The molecule has 1 aliphatic rings. The third kappa shape index (κ3) is 3.54. The summed E-state index contributed by atoms with van der Waals surface area (Å²) in [5, 5.41) is 12.3. The molecular formula is C12H11Cl2N3S2. The maximum atomic E-state index is 5.99. The van der Waals surface area contributed by atoms with E-state index in [1.807, 2.05) is 30.3 Å². The number of halogens is 2. The van der Waals surface area contributed by atoms with Crippen LogP contribution in [0.5, 0.6) is 0 Å². The zero-order chi connectivity index (χ0) is 13.3. The topological polar surface area (TPSA) is 37.8 Å². The summed E-state index contributed by atoms with van der Waals surface area (Å²) in [5.74, 6) is 1.27. The second kappa shape index (κ2) is 5.48. The van der Waals surface area contributed by atoms with Gasteiger partial charge >= 0.3 is 0 Å². The van der Waals surface area contributed by atoms with Gasteiger partial charge in [-0.2, -0.15) is 0 Å². The lowest BCUT2D eigenvalue weighted by Gasteiger charge is -1.99. The number of thioether (sulfide) groups is 1. The van der Waals surface area contributed by atoms with Crippen LogP contribution in [0.3, 0.4) is 0 Å². The fraction of sp³-hybridized carbons (Fsp3) is 0.333. The van der Waals surface area contributed by atoms with Gasteiger partial charge in [-0.05, 0) is 18.6 Å². The maximum Gasteiger partial charge on any atom is 0.210 e. The highest BCUT2D eigenvalue weighted by Gasteiger charge is 2.51. The predicted molar refractivity (Wildman–Crippen MR) is 82.9 cm³/mol. The van der Waals surface area contributed by atoms with E-state index in [0.29, 0.717) is 5.92 Å². The molecule has 19 heavy (non-hydrogen) atoms. The molecule has 1 unspecified atom stereocenters. The number of benzene rings is 1. The molecule has 0 aliphatic heterocycles. The van der Waals surface area contributed by atoms with Crippen LogP contribution >= 0.6 is 46.3 Å². The molecule has 0 amide bonds. The van der Waals surface area contributed by atoms with Crippen molar-refractivity contribution in [3.05, 3.63) is 30.3 Å². The summed E-state index contributed by atoms with van der Waals surface area (Å²) in [6.07, 6.45) is 0.872. The van der Waals surface area contributed by atoms with Crippen LogP contribution in [-0.2, 0) is 0 Å². The Morgan fingerprint density at radius 2 is 2.05 bits per heavy atom. The highest BCUT2D eigenvalue weighted by atomic mass is 35.5. The minimum Gasteiger partial charge on any atom is -0.330 e. The lowest BCUT2D eigenvalue weighted by atomic mass is 10.3. The van der Waals surface area contributed by atoms with Gasteiger partial charge in [0.2, 0.25) is 5.13 Å². The van der Waals surface area contributed by atoms with Crippen molar-refractivity contribution in [1.82, 2.24) is 10.2 Å². The Balaban J connectivity index is 1.55. The van der Waals surface area contributed by atoms with Crippen LogP contribution in [0.4, 0.5) is 10.8 Å². The summed E-state index contributed by atoms with van der Waals surface area (Å²) in [6, 6.07) is 9.92. The number of nitrogens with one attached hydrogen (secondary N) is 1. The van der Waals surface area contributed by atoms with E-state index in [2.05, 4.69) is 15.5 Å². The van der Waals surface area contributed by atoms with Crippen LogP contribution < -0.4 is 5.32 Å². The van der Waals surface area contributed by atoms with Gasteiger partial charge in [-0.15, -0.1) is 33.4 Å². The van der Waals surface area contributed by atoms with Crippen LogP contribution in [0.15, 0.2) is 34.7 Å². The molecule has 2 aromatic rings. The van der Waals surface area contributed by atoms with E-state index in [1.54, 1.807) is 23.1 Å². The summed E-state index contributed by atoms with van der Waals surface area (Å²) in [4.78, 5) is 0. The first-order chi connectivity index (χ1) is 9.13. The van der Waals surface area contributed by atoms with Crippen molar-refractivity contribution in [3.8, 4) is 0 Å². The van der Waals surface area contributed by atoms with E-state index in [1.165, 1.54) is 0 Å². The van der Waals surface area contributed by atoms with E-state index in [-0.39, 0.29) is 0 Å². The van der Waals surface area contributed by atoms with Crippen molar-refractivity contribution >= 4 is 57.1 Å². The van der Waals surface area contributed by atoms with E-state index in [9.17, 15) is 0 Å². The van der Waals surface area contributed by atoms with E-state index < -0.39 is 4.33 Å². The van der Waals surface area contributed by atoms with Gasteiger partial charge in [0.15, 0.2) is 4.34 Å². The Morgan fingerprint density at radius 1 is 1.32 bits per heavy atom. The van der Waals surface area contributed by atoms with Crippen LogP contribution in [0.1, 0.15) is 6.42 Å². The minimum atomic E-state index is -0.511. The van der Waals surface area contributed by atoms with E-state index in [0.717, 1.165) is 27.3 Å². The Labute approximate surface area is 129 Å². The fourth-order valence-corrected chi connectivity index (χ4v) is 4.31. The lowest BCUT2D eigenvalue weighted by Crippen LogP contribution is -1.92. The number of aromatic nitrogens is 2. The normalized spacial score (nSPS) is 20.2. The van der Waals surface area contributed by atoms with Crippen molar-refractivity contribution in [2.24, 2.45) is 5.92 Å². The molecule has 0 bridgehead atoms. The third-order valence-corrected chi connectivity index (χ3v) is 5.86. The average Bonchev–Trinajstić information content (AvgIpc) is 2.81. The molecule has 0 saturated heterocycles. The molecule has 3 nitrogen and oxygen atoms in total. The molecule has 1 aromatic carbocycles. The van der Waals surface area contributed by atoms with Gasteiger partial charge in [-0.3, -0.25) is 0 Å². The summed E-state index contributed by atoms with van der Waals surface area (Å²) in [7, 11) is 0. The predicted octanol–water partition coefficient (Wildman–Crippen LogP) is 4.57. The number of nitrogens with zero attached hydrogens (tertiary/aromatic N) is 2. The molecule has 1 heterocycles. The van der Waals surface area contributed by atoms with Crippen molar-refractivity contribution < 1.29 is 0 Å². The molecule has 100 valence electrons. The molecular weight excluding hydrogens is 321 g/mol. The lowest BCUT2D eigenvalue weighted by molar-refractivity contribution is 0.967. The zero-order valence-corrected chi connectivity index (χ0v) is 13.0. The molecule has 1 aliphatic carbocycles. The van der Waals surface area contributed by atoms with Crippen molar-refractivity contribution in [2.75, 3.05) is 11.1 Å². The van der Waals surface area contributed by atoms with Crippen molar-refractivity contribution in [3.63, 3.8) is 0 Å². The van der Waals surface area contributed by atoms with Crippen LogP contribution in [-0.4, -0.2) is 20.3 Å². The SMILES string of the molecule is ClC1(Cl)CC1CSc1nnc(Nc2ccccc2)s1. The Bertz CT molecular complexity index is 559. The number of rotatable bonds is 5. The molecule has 1 fully saturated rings. The Kier molecular flexibility index (Phi) is 3.89. The average molecular weight is 332 g/mol. The molecule has 0 radical (unpaired) electrons. The number of anilines is 2. The smallest absolute Gasteiger partial charge is 0.210 e. The van der Waals surface area contributed by atoms with Crippen LogP contribution in [0.2, 0.25) is 0 Å². The molecule has 1 saturated carbocycles. The number of hydrogen-bond donors (Lipinski definition) is 1. The molecule has 7 heteroatoms. The summed E-state index contributed by atoms with van der Waals surface area (Å²) in [5.41, 5.74) is 1.01. The van der Waals surface area contributed by atoms with Crippen molar-refractivity contribution in [2.45, 2.75) is 15.1 Å². The quantitative estimate of drug-likeness (QED) is 0.643. The largest absolute Gasteiger partial charge is 0.330 e. The van der Waals surface area contributed by atoms with Crippen LogP contribution in [0, 0.1) is 5.92 Å². The van der Waals surface area contributed by atoms with Gasteiger partial charge in [0.1, 0.15) is 4.33 Å². The second-order valence-electron chi connectivity index (χ2n) is 4.34. The monoisotopic (exact) mass is 331 g/mol. The first kappa shape index (κ1) is 13.5. The summed E-state index contributed by atoms with van der Waals surface area (Å²) in [6.45, 7) is 0. The first-order valence-electron chi connectivity index (χ1n) is 5.80. The molecule has 1 N–H and O–H groups in total. The van der Waals surface area contributed by atoms with E-state index >= 15 is 0 Å². The first-order valence-corrected chi connectivity index (χ1v) is 8.35. The van der Waals surface area contributed by atoms with Crippen LogP contribution in [0.25, 0.3) is 0 Å². The van der Waals surface area contributed by atoms with Gasteiger partial charge < -0.3 is 5.32 Å². The maximum absolute atomic E-state index is 5.99. The van der Waals surface area contributed by atoms with E-state index in [4.69, 9.17) is 23.2 Å². The van der Waals surface area contributed by atoms with Gasteiger partial charge in [-0.25, -0.2) is 0 Å². The zero-order valence-electron chi connectivity index (χ0n) is 9.85. The molecule has 3 rings (SSSR count). The molecule has 1 aromatic heterocycles. The summed E-state index contributed by atoms with van der Waals surface area (Å²) >= 11 is 15.2. The molecule has 0 spiro atoms. The summed E-state index contributed by atoms with van der Waals surface area (Å²) < 4.78 is 0.428. The minimum absolute atomic E-state index is 0.371. The number of alkyl halides is 2. The van der Waals surface area contributed by atoms with Gasteiger partial charge in [0, 0.05) is 17.4 Å². The standard InChI is InChI=1S/C12H11Cl2N3S2/c13-12(14)6-8(12)7-18-11-17-16-10(19-11)15-9-4-2-1-3-5-9/h1-5,8H,6-7H2,(H,15,16). The fourth-order valence-electron chi connectivity index (χ4n) is 1.59. The van der Waals surface area contributed by atoms with Crippen molar-refractivity contribution in [1.29, 1.82) is 0 Å². The highest BCUT2D eigenvalue weighted by molar-refractivity contribution is 8.01. The third-order valence-electron chi connectivity index (χ3n) is 2.80. The van der Waals surface area contributed by atoms with Gasteiger partial charge in [0.05, 0.1) is 0 Å². The molecule has 1 atom stereocenters. The van der Waals surface area contributed by atoms with Gasteiger partial charge in [-0.1, -0.05) is 41.3 Å². The number of hydrogen-bond acceptors (Lipinski definition) is 5. The number of para-hydroxylation sites is 1. The Hall–Kier alpha value is -0.490. The second-order valence-corrected chi connectivity index (χ2v) is 8.12. The highest BCUT2D eigenvalue weighted by Crippen LogP contribution is 2.55. The van der Waals surface area contributed by atoms with Gasteiger partial charge in [0.25, 0.3) is 0 Å². The Morgan fingerprint density at radius 3 is 2.74 bits per heavy atom.